The van der Waals surface area contributed by atoms with Gasteiger partial charge in [0.1, 0.15) is 17.2 Å². The summed E-state index contributed by atoms with van der Waals surface area (Å²) in [6, 6.07) is 22.0. The second kappa shape index (κ2) is 15.5. The molecule has 0 saturated heterocycles. The first-order chi connectivity index (χ1) is 22.8. The minimum absolute atomic E-state index is 0.0628. The number of phenols is 1. The number of phenolic OH excluding ortho intramolecular Hbond substituents is 1. The van der Waals surface area contributed by atoms with E-state index in [1.165, 1.54) is 17.2 Å². The lowest BCUT2D eigenvalue weighted by Crippen LogP contribution is -2.28. The Labute approximate surface area is 284 Å². The first-order valence-electron chi connectivity index (χ1n) is 16.8. The third-order valence-electron chi connectivity index (χ3n) is 9.33. The van der Waals surface area contributed by atoms with Crippen LogP contribution in [0.3, 0.4) is 0 Å². The van der Waals surface area contributed by atoms with Crippen molar-refractivity contribution in [2.24, 2.45) is 10.2 Å². The molecule has 1 amide bonds. The number of carbonyl (C=O) groups is 2. The first kappa shape index (κ1) is 36.1. The van der Waals surface area contributed by atoms with Crippen LogP contribution in [0.5, 0.6) is 11.5 Å². The zero-order valence-corrected chi connectivity index (χ0v) is 29.5. The van der Waals surface area contributed by atoms with Crippen molar-refractivity contribution < 1.29 is 24.2 Å². The summed E-state index contributed by atoms with van der Waals surface area (Å²) in [6.45, 7) is 17.7. The van der Waals surface area contributed by atoms with Crippen molar-refractivity contribution in [2.45, 2.75) is 91.6 Å². The molecule has 0 spiro atoms. The molecule has 0 bridgehead atoms. The number of azo groups is 1. The maximum absolute atomic E-state index is 13.4. The van der Waals surface area contributed by atoms with Crippen LogP contribution in [0.2, 0.25) is 0 Å². The molecule has 4 aromatic rings. The van der Waals surface area contributed by atoms with E-state index in [1.54, 1.807) is 49.4 Å². The minimum Gasteiger partial charge on any atom is -0.506 e. The molecular formula is C40H49N3O5. The number of ether oxygens (including phenoxy) is 2. The van der Waals surface area contributed by atoms with Gasteiger partial charge in [0.25, 0.3) is 5.91 Å². The highest BCUT2D eigenvalue weighted by Gasteiger charge is 2.27. The summed E-state index contributed by atoms with van der Waals surface area (Å²) in [5.74, 6) is -0.209. The smallest absolute Gasteiger partial charge is 0.340 e. The zero-order chi connectivity index (χ0) is 35.1. The third-order valence-corrected chi connectivity index (χ3v) is 9.33. The molecule has 1 atom stereocenters. The van der Waals surface area contributed by atoms with E-state index in [0.29, 0.717) is 35.1 Å². The number of carbonyl (C=O) groups excluding carboxylic acids is 2. The van der Waals surface area contributed by atoms with Gasteiger partial charge in [-0.05, 0) is 67.3 Å². The Morgan fingerprint density at radius 3 is 2.15 bits per heavy atom. The van der Waals surface area contributed by atoms with E-state index in [9.17, 15) is 14.7 Å². The Morgan fingerprint density at radius 2 is 1.46 bits per heavy atom. The maximum atomic E-state index is 13.4. The second-order valence-electron chi connectivity index (χ2n) is 13.4. The number of nitrogens with zero attached hydrogens (tertiary/aromatic N) is 2. The van der Waals surface area contributed by atoms with Gasteiger partial charge in [-0.1, -0.05) is 90.1 Å². The molecule has 1 unspecified atom stereocenters. The van der Waals surface area contributed by atoms with Crippen molar-refractivity contribution >= 4 is 34.0 Å². The standard InChI is InChI=1S/C40H49N3O5/c1-9-39(5,6)27-20-21-35(32(24-27)40(7,8)10-2)48-26(4)22-23-41-37(45)31-25-34(28-16-12-13-17-29(28)36(31)44)43-42-33-19-15-14-18-30(33)38(46)47-11-3/h12-21,24-26,44H,9-11,22-23H2,1-8H3,(H,41,45). The number of nitrogens with one attached hydrogen (secondary N) is 1. The predicted molar refractivity (Wildman–Crippen MR) is 192 cm³/mol. The van der Waals surface area contributed by atoms with Crippen molar-refractivity contribution in [1.82, 2.24) is 5.32 Å². The van der Waals surface area contributed by atoms with Gasteiger partial charge in [0, 0.05) is 29.3 Å². The van der Waals surface area contributed by atoms with E-state index in [4.69, 9.17) is 9.47 Å². The van der Waals surface area contributed by atoms with Crippen molar-refractivity contribution in [3.05, 3.63) is 95.1 Å². The maximum Gasteiger partial charge on any atom is 0.340 e. The fraction of sp³-hybridized carbons (Fsp3) is 0.400. The van der Waals surface area contributed by atoms with Gasteiger partial charge in [0.15, 0.2) is 0 Å². The predicted octanol–water partition coefficient (Wildman–Crippen LogP) is 10.1. The van der Waals surface area contributed by atoms with Crippen LogP contribution in [0.15, 0.2) is 83.0 Å². The molecule has 0 heterocycles. The molecular weight excluding hydrogens is 602 g/mol. The lowest BCUT2D eigenvalue weighted by atomic mass is 9.76. The van der Waals surface area contributed by atoms with Crippen molar-refractivity contribution in [2.75, 3.05) is 13.2 Å². The molecule has 0 aliphatic heterocycles. The van der Waals surface area contributed by atoms with E-state index in [2.05, 4.69) is 75.3 Å². The Kier molecular flexibility index (Phi) is 11.6. The van der Waals surface area contributed by atoms with E-state index >= 15 is 0 Å². The first-order valence-corrected chi connectivity index (χ1v) is 16.8. The molecule has 0 saturated carbocycles. The van der Waals surface area contributed by atoms with Gasteiger partial charge in [-0.3, -0.25) is 4.79 Å². The number of hydrogen-bond acceptors (Lipinski definition) is 7. The number of fused-ring (bicyclic) bond motifs is 1. The van der Waals surface area contributed by atoms with Gasteiger partial charge >= 0.3 is 5.97 Å². The van der Waals surface area contributed by atoms with Gasteiger partial charge in [-0.15, -0.1) is 10.2 Å². The van der Waals surface area contributed by atoms with Crippen molar-refractivity contribution in [3.63, 3.8) is 0 Å². The normalized spacial score (nSPS) is 12.7. The fourth-order valence-electron chi connectivity index (χ4n) is 5.38. The topological polar surface area (TPSA) is 110 Å². The van der Waals surface area contributed by atoms with E-state index in [1.807, 2.05) is 13.0 Å². The summed E-state index contributed by atoms with van der Waals surface area (Å²) in [5, 5.41) is 23.9. The Balaban J connectivity index is 1.52. The summed E-state index contributed by atoms with van der Waals surface area (Å²) >= 11 is 0. The van der Waals surface area contributed by atoms with Gasteiger partial charge in [-0.25, -0.2) is 4.79 Å². The molecule has 2 N–H and O–H groups in total. The second-order valence-corrected chi connectivity index (χ2v) is 13.4. The molecule has 0 aliphatic rings. The number of hydrogen-bond donors (Lipinski definition) is 2. The van der Waals surface area contributed by atoms with Crippen molar-refractivity contribution in [3.8, 4) is 11.5 Å². The summed E-state index contributed by atoms with van der Waals surface area (Å²) < 4.78 is 11.6. The number of aromatic hydroxyl groups is 1. The van der Waals surface area contributed by atoms with E-state index in [0.717, 1.165) is 18.6 Å². The number of amides is 1. The average molecular weight is 652 g/mol. The van der Waals surface area contributed by atoms with Crippen LogP contribution in [0.1, 0.15) is 106 Å². The fourth-order valence-corrected chi connectivity index (χ4v) is 5.38. The van der Waals surface area contributed by atoms with Gasteiger partial charge in [-0.2, -0.15) is 0 Å². The van der Waals surface area contributed by atoms with E-state index in [-0.39, 0.29) is 40.4 Å². The Hall–Kier alpha value is -4.72. The Morgan fingerprint density at radius 1 is 0.812 bits per heavy atom. The Bertz CT molecular complexity index is 1790. The largest absolute Gasteiger partial charge is 0.506 e. The average Bonchev–Trinajstić information content (AvgIpc) is 3.08. The molecule has 0 radical (unpaired) electrons. The highest BCUT2D eigenvalue weighted by Crippen LogP contribution is 2.40. The van der Waals surface area contributed by atoms with Crippen molar-refractivity contribution in [1.29, 1.82) is 0 Å². The summed E-state index contributed by atoms with van der Waals surface area (Å²) in [6.07, 6.45) is 2.40. The molecule has 0 aliphatic carbocycles. The number of benzene rings is 4. The highest BCUT2D eigenvalue weighted by atomic mass is 16.5. The quantitative estimate of drug-likeness (QED) is 0.104. The van der Waals surface area contributed by atoms with Gasteiger partial charge in [0.05, 0.1) is 29.5 Å². The third kappa shape index (κ3) is 8.22. The van der Waals surface area contributed by atoms with Gasteiger partial charge in [0.2, 0.25) is 0 Å². The molecule has 4 aromatic carbocycles. The monoisotopic (exact) mass is 651 g/mol. The number of rotatable bonds is 14. The summed E-state index contributed by atoms with van der Waals surface area (Å²) in [4.78, 5) is 25.9. The molecule has 0 aromatic heterocycles. The lowest BCUT2D eigenvalue weighted by molar-refractivity contribution is 0.0527. The van der Waals surface area contributed by atoms with Gasteiger partial charge < -0.3 is 19.9 Å². The molecule has 48 heavy (non-hydrogen) atoms. The highest BCUT2D eigenvalue weighted by molar-refractivity contribution is 6.07. The van der Waals surface area contributed by atoms with E-state index < -0.39 is 11.9 Å². The minimum atomic E-state index is -0.497. The lowest BCUT2D eigenvalue weighted by Gasteiger charge is -2.31. The van der Waals surface area contributed by atoms with Crippen LogP contribution in [-0.4, -0.2) is 36.2 Å². The van der Waals surface area contributed by atoms with Crippen LogP contribution < -0.4 is 10.1 Å². The van der Waals surface area contributed by atoms with Crippen LogP contribution in [0.4, 0.5) is 11.4 Å². The van der Waals surface area contributed by atoms with Crippen LogP contribution in [-0.2, 0) is 15.6 Å². The SMILES string of the molecule is CCOC(=O)c1ccccc1N=Nc1cc(C(=O)NCCC(C)Oc2ccc(C(C)(C)CC)cc2C(C)(C)CC)c(O)c2ccccc12. The molecule has 4 rings (SSSR count). The van der Waals surface area contributed by atoms with Crippen LogP contribution in [0.25, 0.3) is 10.8 Å². The molecule has 8 nitrogen and oxygen atoms in total. The van der Waals surface area contributed by atoms with Crippen LogP contribution in [0, 0.1) is 0 Å². The van der Waals surface area contributed by atoms with Crippen LogP contribution >= 0.6 is 0 Å². The molecule has 0 fully saturated rings. The zero-order valence-electron chi connectivity index (χ0n) is 29.5. The molecule has 8 heteroatoms. The summed E-state index contributed by atoms with van der Waals surface area (Å²) in [5.41, 5.74) is 3.57. The summed E-state index contributed by atoms with van der Waals surface area (Å²) in [7, 11) is 0. The number of esters is 1. The molecule has 254 valence electrons.